The van der Waals surface area contributed by atoms with Gasteiger partial charge in [0.25, 0.3) is 0 Å². The van der Waals surface area contributed by atoms with Gasteiger partial charge in [-0.05, 0) is 24.6 Å². The number of carboxylic acids is 1. The van der Waals surface area contributed by atoms with Gasteiger partial charge in [-0.2, -0.15) is 0 Å². The van der Waals surface area contributed by atoms with Crippen LogP contribution in [0.25, 0.3) is 0 Å². The molecule has 0 aliphatic heterocycles. The zero-order valence-corrected chi connectivity index (χ0v) is 10.6. The van der Waals surface area contributed by atoms with E-state index in [1.54, 1.807) is 13.0 Å². The molecule has 0 fully saturated rings. The Morgan fingerprint density at radius 3 is 2.53 bits per heavy atom. The molecule has 0 saturated carbocycles. The normalized spacial score (nSPS) is 9.58. The molecular weight excluding hydrogens is 250 g/mol. The minimum atomic E-state index is -1.08. The van der Waals surface area contributed by atoms with Crippen LogP contribution in [0.2, 0.25) is 0 Å². The molecule has 102 valence electrons. The maximum Gasteiger partial charge on any atom is 0.335 e. The van der Waals surface area contributed by atoms with Crippen LogP contribution in [0.4, 0.5) is 10.5 Å². The number of carbonyl (C=O) groups is 3. The van der Waals surface area contributed by atoms with Gasteiger partial charge in [-0.3, -0.25) is 4.79 Å². The Morgan fingerprint density at radius 2 is 1.95 bits per heavy atom. The van der Waals surface area contributed by atoms with Crippen LogP contribution in [-0.2, 0) is 4.79 Å². The molecule has 0 aliphatic rings. The fourth-order valence-corrected chi connectivity index (χ4v) is 1.31. The second-order valence-corrected chi connectivity index (χ2v) is 3.82. The number of aryl methyl sites for hydroxylation is 1. The lowest BCUT2D eigenvalue weighted by Crippen LogP contribution is -2.37. The number of amides is 3. The molecule has 0 atom stereocenters. The summed E-state index contributed by atoms with van der Waals surface area (Å²) < 4.78 is 0. The van der Waals surface area contributed by atoms with Crippen LogP contribution in [-0.4, -0.2) is 36.6 Å². The van der Waals surface area contributed by atoms with Crippen molar-refractivity contribution in [1.82, 2.24) is 10.6 Å². The molecular formula is C12H15N3O4. The van der Waals surface area contributed by atoms with E-state index in [1.807, 2.05) is 0 Å². The molecule has 1 rings (SSSR count). The van der Waals surface area contributed by atoms with Crippen molar-refractivity contribution in [1.29, 1.82) is 0 Å². The van der Waals surface area contributed by atoms with Crippen LogP contribution < -0.4 is 16.0 Å². The smallest absolute Gasteiger partial charge is 0.335 e. The number of likely N-dealkylation sites (N-methyl/N-ethyl adjacent to an activating group) is 1. The summed E-state index contributed by atoms with van der Waals surface area (Å²) in [4.78, 5) is 33.3. The number of carbonyl (C=O) groups excluding carboxylic acids is 2. The fourth-order valence-electron chi connectivity index (χ4n) is 1.31. The van der Waals surface area contributed by atoms with Crippen LogP contribution in [0.15, 0.2) is 18.2 Å². The minimum absolute atomic E-state index is 0.0761. The van der Waals surface area contributed by atoms with Crippen LogP contribution >= 0.6 is 0 Å². The van der Waals surface area contributed by atoms with Gasteiger partial charge in [-0.25, -0.2) is 9.59 Å². The molecule has 7 heteroatoms. The Labute approximate surface area is 110 Å². The summed E-state index contributed by atoms with van der Waals surface area (Å²) in [6, 6.07) is 3.83. The van der Waals surface area contributed by atoms with Crippen LogP contribution in [0.1, 0.15) is 15.9 Å². The molecule has 1 aromatic rings. The summed E-state index contributed by atoms with van der Waals surface area (Å²) >= 11 is 0. The molecule has 4 N–H and O–H groups in total. The SMILES string of the molecule is CNC(=O)CNC(=O)Nc1cc(C(=O)O)ccc1C. The van der Waals surface area contributed by atoms with Crippen LogP contribution in [0.3, 0.4) is 0 Å². The third kappa shape index (κ3) is 4.30. The van der Waals surface area contributed by atoms with E-state index in [-0.39, 0.29) is 18.0 Å². The molecule has 0 radical (unpaired) electrons. The highest BCUT2D eigenvalue weighted by Crippen LogP contribution is 2.16. The van der Waals surface area contributed by atoms with E-state index in [4.69, 9.17) is 5.11 Å². The van der Waals surface area contributed by atoms with E-state index in [0.29, 0.717) is 5.69 Å². The summed E-state index contributed by atoms with van der Waals surface area (Å²) in [6.45, 7) is 1.58. The van der Waals surface area contributed by atoms with E-state index in [9.17, 15) is 14.4 Å². The first-order chi connectivity index (χ1) is 8.93. The average Bonchev–Trinajstić information content (AvgIpc) is 2.38. The number of nitrogens with one attached hydrogen (secondary N) is 3. The van der Waals surface area contributed by atoms with E-state index in [0.717, 1.165) is 5.56 Å². The minimum Gasteiger partial charge on any atom is -0.478 e. The standard InChI is InChI=1S/C12H15N3O4/c1-7-3-4-8(11(17)18)5-9(7)15-12(19)14-6-10(16)13-2/h3-5H,6H2,1-2H3,(H,13,16)(H,17,18)(H2,14,15,19). The molecule has 0 aromatic heterocycles. The Hall–Kier alpha value is -2.57. The summed E-state index contributed by atoms with van der Waals surface area (Å²) in [6.07, 6.45) is 0. The lowest BCUT2D eigenvalue weighted by Gasteiger charge is -2.10. The quantitative estimate of drug-likeness (QED) is 0.638. The summed E-state index contributed by atoms with van der Waals surface area (Å²) in [5, 5.41) is 16.1. The Bertz CT molecular complexity index is 514. The second-order valence-electron chi connectivity index (χ2n) is 3.82. The lowest BCUT2D eigenvalue weighted by atomic mass is 10.1. The van der Waals surface area contributed by atoms with Gasteiger partial charge in [-0.1, -0.05) is 6.07 Å². The molecule has 1 aromatic carbocycles. The topological polar surface area (TPSA) is 108 Å². The summed E-state index contributed by atoms with van der Waals surface area (Å²) in [5.41, 5.74) is 1.18. The molecule has 0 unspecified atom stereocenters. The number of aromatic carboxylic acids is 1. The van der Waals surface area contributed by atoms with E-state index >= 15 is 0 Å². The second kappa shape index (κ2) is 6.39. The predicted molar refractivity (Wildman–Crippen MR) is 69.2 cm³/mol. The number of rotatable bonds is 4. The average molecular weight is 265 g/mol. The van der Waals surface area contributed by atoms with Crippen molar-refractivity contribution in [2.24, 2.45) is 0 Å². The number of anilines is 1. The van der Waals surface area contributed by atoms with Crippen molar-refractivity contribution in [3.8, 4) is 0 Å². The third-order valence-corrected chi connectivity index (χ3v) is 2.42. The fraction of sp³-hybridized carbons (Fsp3) is 0.250. The van der Waals surface area contributed by atoms with Gasteiger partial charge in [-0.15, -0.1) is 0 Å². The van der Waals surface area contributed by atoms with E-state index < -0.39 is 12.0 Å². The molecule has 0 bridgehead atoms. The number of hydrogen-bond acceptors (Lipinski definition) is 3. The zero-order chi connectivity index (χ0) is 14.4. The first kappa shape index (κ1) is 14.5. The molecule has 0 saturated heterocycles. The van der Waals surface area contributed by atoms with E-state index in [2.05, 4.69) is 16.0 Å². The molecule has 7 nitrogen and oxygen atoms in total. The highest BCUT2D eigenvalue weighted by Gasteiger charge is 2.09. The zero-order valence-electron chi connectivity index (χ0n) is 10.6. The van der Waals surface area contributed by atoms with Crippen molar-refractivity contribution in [3.63, 3.8) is 0 Å². The molecule has 3 amide bonds. The Morgan fingerprint density at radius 1 is 1.26 bits per heavy atom. The van der Waals surface area contributed by atoms with Gasteiger partial charge < -0.3 is 21.1 Å². The predicted octanol–water partition coefficient (Wildman–Crippen LogP) is 0.561. The highest BCUT2D eigenvalue weighted by molar-refractivity contribution is 5.95. The number of hydrogen-bond donors (Lipinski definition) is 4. The number of carboxylic acid groups (broad SMARTS) is 1. The number of benzene rings is 1. The van der Waals surface area contributed by atoms with Crippen LogP contribution in [0.5, 0.6) is 0 Å². The summed E-state index contributed by atoms with van der Waals surface area (Å²) in [7, 11) is 1.46. The monoisotopic (exact) mass is 265 g/mol. The van der Waals surface area contributed by atoms with Gasteiger partial charge in [0.2, 0.25) is 5.91 Å². The number of urea groups is 1. The summed E-state index contributed by atoms with van der Waals surface area (Å²) in [5.74, 6) is -1.40. The lowest BCUT2D eigenvalue weighted by molar-refractivity contribution is -0.119. The Balaban J connectivity index is 2.70. The molecule has 0 heterocycles. The molecule has 0 aliphatic carbocycles. The van der Waals surface area contributed by atoms with Crippen molar-refractivity contribution >= 4 is 23.6 Å². The van der Waals surface area contributed by atoms with Crippen LogP contribution in [0, 0.1) is 6.92 Å². The van der Waals surface area contributed by atoms with Gasteiger partial charge in [0.1, 0.15) is 0 Å². The van der Waals surface area contributed by atoms with Gasteiger partial charge >= 0.3 is 12.0 Å². The third-order valence-electron chi connectivity index (χ3n) is 2.42. The maximum absolute atomic E-state index is 11.5. The van der Waals surface area contributed by atoms with Crippen molar-refractivity contribution in [3.05, 3.63) is 29.3 Å². The molecule has 0 spiro atoms. The first-order valence-corrected chi connectivity index (χ1v) is 5.53. The van der Waals surface area contributed by atoms with Gasteiger partial charge in [0.05, 0.1) is 12.1 Å². The highest BCUT2D eigenvalue weighted by atomic mass is 16.4. The maximum atomic E-state index is 11.5. The first-order valence-electron chi connectivity index (χ1n) is 5.53. The van der Waals surface area contributed by atoms with Crippen molar-refractivity contribution < 1.29 is 19.5 Å². The van der Waals surface area contributed by atoms with Gasteiger partial charge in [0.15, 0.2) is 0 Å². The Kier molecular flexibility index (Phi) is 4.87. The largest absolute Gasteiger partial charge is 0.478 e. The van der Waals surface area contributed by atoms with E-state index in [1.165, 1.54) is 19.2 Å². The van der Waals surface area contributed by atoms with Gasteiger partial charge in [0, 0.05) is 12.7 Å². The van der Waals surface area contributed by atoms with Crippen molar-refractivity contribution in [2.45, 2.75) is 6.92 Å². The molecule has 19 heavy (non-hydrogen) atoms. The van der Waals surface area contributed by atoms with Crippen molar-refractivity contribution in [2.75, 3.05) is 18.9 Å².